The fourth-order valence-electron chi connectivity index (χ4n) is 1.47. The Morgan fingerprint density at radius 3 is 1.44 bits per heavy atom. The minimum absolute atomic E-state index is 0.0224. The standard InChI is InChI=1S/C12H4F4I.Tl/c13-8-1-6(2-9(14)5-8)7-3-10(15)12(17)11(16)4-7;/h1-4H;. The molecular formula is C12H4F4ITl. The normalized spacial score (nSPS) is 10.7. The third-order valence-electron chi connectivity index (χ3n) is 2.40. The van der Waals surface area contributed by atoms with E-state index < -0.39 is 23.3 Å². The van der Waals surface area contributed by atoms with E-state index in [9.17, 15) is 17.6 Å². The predicted octanol–water partition coefficient (Wildman–Crippen LogP) is 3.31. The van der Waals surface area contributed by atoms with E-state index in [-0.39, 0.29) is 43.6 Å². The first-order chi connectivity index (χ1) is 8.40. The molecule has 0 saturated carbocycles. The van der Waals surface area contributed by atoms with Crippen molar-refractivity contribution in [1.82, 2.24) is 0 Å². The van der Waals surface area contributed by atoms with Crippen LogP contribution in [0.5, 0.6) is 0 Å². The molecule has 0 amide bonds. The Labute approximate surface area is 130 Å². The molecule has 0 aliphatic heterocycles. The molecule has 0 bridgehead atoms. The molecule has 0 saturated heterocycles. The minimum atomic E-state index is -0.747. The Morgan fingerprint density at radius 2 is 1.06 bits per heavy atom. The van der Waals surface area contributed by atoms with Crippen LogP contribution in [0.15, 0.2) is 24.3 Å². The summed E-state index contributed by atoms with van der Waals surface area (Å²) in [6.45, 7) is 0. The molecule has 2 rings (SSSR count). The van der Waals surface area contributed by atoms with E-state index in [0.717, 1.165) is 24.3 Å². The van der Waals surface area contributed by atoms with Crippen LogP contribution in [0.1, 0.15) is 0 Å². The van der Waals surface area contributed by atoms with Crippen LogP contribution in [0.25, 0.3) is 11.1 Å². The molecule has 2 aromatic carbocycles. The van der Waals surface area contributed by atoms with Crippen LogP contribution in [0.2, 0.25) is 0 Å². The van der Waals surface area contributed by atoms with Crippen LogP contribution in [-0.2, 0) is 0 Å². The van der Waals surface area contributed by atoms with Crippen molar-refractivity contribution in [1.29, 1.82) is 0 Å². The van der Waals surface area contributed by atoms with E-state index in [1.54, 1.807) is 0 Å². The van der Waals surface area contributed by atoms with E-state index in [2.05, 4.69) is 0 Å². The van der Waals surface area contributed by atoms with Gasteiger partial charge in [0.2, 0.25) is 0 Å². The molecule has 0 nitrogen and oxygen atoms in total. The summed E-state index contributed by atoms with van der Waals surface area (Å²) >= 11 is 1.55. The first-order valence-electron chi connectivity index (χ1n) is 4.79. The molecule has 0 radical (unpaired) electrons. The third-order valence-corrected chi connectivity index (χ3v) is 5.57. The Morgan fingerprint density at radius 1 is 0.722 bits per heavy atom. The first kappa shape index (κ1) is 14.2. The van der Waals surface area contributed by atoms with E-state index >= 15 is 0 Å². The third kappa shape index (κ3) is 2.70. The summed E-state index contributed by atoms with van der Waals surface area (Å²) in [4.78, 5) is 0. The average Bonchev–Trinajstić information content (AvgIpc) is 2.31. The van der Waals surface area contributed by atoms with E-state index in [4.69, 9.17) is 0 Å². The second-order valence-corrected chi connectivity index (χ2v) is 6.93. The van der Waals surface area contributed by atoms with Gasteiger partial charge in [0.25, 0.3) is 0 Å². The number of hydrogen-bond donors (Lipinski definition) is 0. The van der Waals surface area contributed by atoms with Gasteiger partial charge in [0.1, 0.15) is 0 Å². The van der Waals surface area contributed by atoms with Crippen LogP contribution < -0.4 is 3.12 Å². The Kier molecular flexibility index (Phi) is 4.29. The van der Waals surface area contributed by atoms with Crippen LogP contribution in [0.4, 0.5) is 17.6 Å². The van der Waals surface area contributed by atoms with Gasteiger partial charge in [0.05, 0.1) is 0 Å². The van der Waals surface area contributed by atoms with Gasteiger partial charge in [-0.1, -0.05) is 0 Å². The number of rotatable bonds is 1. The first-order valence-corrected chi connectivity index (χ1v) is 8.12. The van der Waals surface area contributed by atoms with Crippen molar-refractivity contribution in [2.75, 3.05) is 0 Å². The van der Waals surface area contributed by atoms with Crippen molar-refractivity contribution >= 4 is 51.5 Å². The van der Waals surface area contributed by atoms with Gasteiger partial charge in [-0.05, 0) is 0 Å². The number of benzene rings is 2. The van der Waals surface area contributed by atoms with Gasteiger partial charge < -0.3 is 0 Å². The maximum atomic E-state index is 13.4. The average molecular weight is 555 g/mol. The molecule has 0 heterocycles. The van der Waals surface area contributed by atoms with Crippen LogP contribution in [0, 0.1) is 26.8 Å². The molecule has 6 heteroatoms. The van der Waals surface area contributed by atoms with E-state index in [1.165, 1.54) is 22.6 Å². The predicted molar refractivity (Wildman–Crippen MR) is 69.8 cm³/mol. The summed E-state index contributed by atoms with van der Waals surface area (Å²) in [5.74, 6) is -2.84. The molecular weight excluding hydrogens is 551 g/mol. The molecule has 0 aliphatic carbocycles. The summed E-state index contributed by atoms with van der Waals surface area (Å²) in [6, 6.07) is 4.32. The fraction of sp³-hybridized carbons (Fsp3) is 0. The zero-order valence-electron chi connectivity index (χ0n) is 8.78. The van der Waals surface area contributed by atoms with Crippen molar-refractivity contribution < 1.29 is 17.6 Å². The molecule has 90 valence electrons. The van der Waals surface area contributed by atoms with Crippen molar-refractivity contribution in [2.45, 2.75) is 0 Å². The summed E-state index contributed by atoms with van der Waals surface area (Å²) in [5.41, 5.74) is 0.247. The topological polar surface area (TPSA) is 0 Å². The van der Waals surface area contributed by atoms with Crippen molar-refractivity contribution in [3.8, 4) is 11.1 Å². The Hall–Kier alpha value is -0.188. The van der Waals surface area contributed by atoms with E-state index in [0.29, 0.717) is 0 Å². The van der Waals surface area contributed by atoms with Gasteiger partial charge in [-0.3, -0.25) is 0 Å². The van der Waals surface area contributed by atoms with Gasteiger partial charge in [0.15, 0.2) is 0 Å². The van der Waals surface area contributed by atoms with Crippen LogP contribution in [-0.4, -0.2) is 25.8 Å². The molecule has 0 N–H and O–H groups in total. The maximum absolute atomic E-state index is 13.4. The van der Waals surface area contributed by atoms with Gasteiger partial charge in [-0.15, -0.1) is 0 Å². The van der Waals surface area contributed by atoms with Gasteiger partial charge in [-0.2, -0.15) is 0 Å². The van der Waals surface area contributed by atoms with Crippen molar-refractivity contribution in [2.24, 2.45) is 0 Å². The van der Waals surface area contributed by atoms with Gasteiger partial charge >= 0.3 is 131 Å². The Bertz CT molecular complexity index is 526. The van der Waals surface area contributed by atoms with Crippen LogP contribution in [0.3, 0.4) is 0 Å². The summed E-state index contributed by atoms with van der Waals surface area (Å²) < 4.78 is 53.5. The molecule has 0 spiro atoms. The van der Waals surface area contributed by atoms with Crippen LogP contribution >= 0.6 is 22.6 Å². The second-order valence-electron chi connectivity index (χ2n) is 3.61. The molecule has 2 aromatic rings. The summed E-state index contributed by atoms with van der Waals surface area (Å²) in [7, 11) is 0. The number of hydrogen-bond acceptors (Lipinski definition) is 0. The van der Waals surface area contributed by atoms with E-state index in [1.807, 2.05) is 0 Å². The second kappa shape index (κ2) is 5.43. The Balaban J connectivity index is 2.63. The molecule has 0 aliphatic rings. The molecule has 0 atom stereocenters. The summed E-state index contributed by atoms with van der Waals surface area (Å²) in [5, 5.41) is 0. The molecule has 18 heavy (non-hydrogen) atoms. The fourth-order valence-corrected chi connectivity index (χ4v) is 2.43. The van der Waals surface area contributed by atoms with Gasteiger partial charge in [0, 0.05) is 0 Å². The zero-order valence-corrected chi connectivity index (χ0v) is 15.4. The quantitative estimate of drug-likeness (QED) is 0.219. The monoisotopic (exact) mass is 556 g/mol. The molecule has 0 aromatic heterocycles. The van der Waals surface area contributed by atoms with Crippen molar-refractivity contribution in [3.05, 3.63) is 51.1 Å². The van der Waals surface area contributed by atoms with Crippen molar-refractivity contribution in [3.63, 3.8) is 0 Å². The van der Waals surface area contributed by atoms with Gasteiger partial charge in [-0.25, -0.2) is 0 Å². The number of halogens is 5. The summed E-state index contributed by atoms with van der Waals surface area (Å²) in [6.07, 6.45) is 0. The molecule has 0 fully saturated rings. The molecule has 0 unspecified atom stereocenters. The SMILES string of the molecule is Fc1cc(-c2cc(F)[c]([Tl])c(F)c2)cc(F)c1I. The zero-order chi connectivity index (χ0) is 13.4.